The number of para-hydroxylation sites is 1. The number of anilines is 1. The quantitative estimate of drug-likeness (QED) is 0.614. The van der Waals surface area contributed by atoms with Gasteiger partial charge in [-0.25, -0.2) is 0 Å². The third kappa shape index (κ3) is 3.51. The van der Waals surface area contributed by atoms with Crippen LogP contribution in [0.1, 0.15) is 12.0 Å². The summed E-state index contributed by atoms with van der Waals surface area (Å²) in [4.78, 5) is 0. The van der Waals surface area contributed by atoms with Gasteiger partial charge in [0, 0.05) is 38.4 Å². The molecule has 0 radical (unpaired) electrons. The van der Waals surface area contributed by atoms with Crippen LogP contribution in [-0.2, 0) is 6.42 Å². The number of rotatable bonds is 0. The van der Waals surface area contributed by atoms with Crippen molar-refractivity contribution in [2.45, 2.75) is 12.8 Å². The zero-order valence-corrected chi connectivity index (χ0v) is 9.76. The molecule has 0 saturated carbocycles. The largest absolute Gasteiger partial charge is 0.385 e. The molecule has 1 fully saturated rings. The normalized spacial score (nSPS) is 18.8. The molecule has 16 heavy (non-hydrogen) atoms. The smallest absolute Gasteiger partial charge is 0.0372 e. The Balaban J connectivity index is 0.000000138. The van der Waals surface area contributed by atoms with Gasteiger partial charge in [0.25, 0.3) is 0 Å². The van der Waals surface area contributed by atoms with Crippen molar-refractivity contribution < 1.29 is 0 Å². The summed E-state index contributed by atoms with van der Waals surface area (Å²) in [6, 6.07) is 8.53. The number of aryl methyl sites for hydroxylation is 1. The van der Waals surface area contributed by atoms with Gasteiger partial charge in [-0.15, -0.1) is 0 Å². The standard InChI is InChI=1S/C9H11N.C4H10N2/c1-2-6-9-8(4-1)5-3-7-10-9;1-2-6-4-3-5-1/h1-2,4,6,10H,3,5,7H2;5-6H,1-4H2. The van der Waals surface area contributed by atoms with E-state index in [1.165, 1.54) is 24.1 Å². The summed E-state index contributed by atoms with van der Waals surface area (Å²) in [7, 11) is 0. The minimum atomic E-state index is 1.14. The van der Waals surface area contributed by atoms with Gasteiger partial charge in [-0.1, -0.05) is 18.2 Å². The molecular formula is C13H21N3. The van der Waals surface area contributed by atoms with Crippen molar-refractivity contribution in [3.05, 3.63) is 29.8 Å². The number of benzene rings is 1. The van der Waals surface area contributed by atoms with Crippen molar-refractivity contribution >= 4 is 5.69 Å². The molecule has 3 heteroatoms. The van der Waals surface area contributed by atoms with Crippen molar-refractivity contribution in [1.82, 2.24) is 10.6 Å². The van der Waals surface area contributed by atoms with E-state index in [-0.39, 0.29) is 0 Å². The second-order valence-electron chi connectivity index (χ2n) is 4.19. The van der Waals surface area contributed by atoms with E-state index in [1.54, 1.807) is 0 Å². The average Bonchev–Trinajstić information content (AvgIpc) is 2.42. The van der Waals surface area contributed by atoms with Crippen molar-refractivity contribution in [3.63, 3.8) is 0 Å². The van der Waals surface area contributed by atoms with Gasteiger partial charge in [0.1, 0.15) is 0 Å². The first-order valence-corrected chi connectivity index (χ1v) is 6.20. The van der Waals surface area contributed by atoms with Crippen LogP contribution in [0.25, 0.3) is 0 Å². The van der Waals surface area contributed by atoms with E-state index >= 15 is 0 Å². The molecule has 1 aromatic carbocycles. The van der Waals surface area contributed by atoms with Crippen LogP contribution in [-0.4, -0.2) is 32.7 Å². The zero-order chi connectivity index (χ0) is 11.1. The molecule has 1 aromatic rings. The van der Waals surface area contributed by atoms with Gasteiger partial charge < -0.3 is 16.0 Å². The van der Waals surface area contributed by atoms with Crippen molar-refractivity contribution in [1.29, 1.82) is 0 Å². The Hall–Kier alpha value is -1.06. The van der Waals surface area contributed by atoms with Gasteiger partial charge in [-0.3, -0.25) is 0 Å². The van der Waals surface area contributed by atoms with Gasteiger partial charge >= 0.3 is 0 Å². The van der Waals surface area contributed by atoms with Crippen LogP contribution in [0, 0.1) is 0 Å². The van der Waals surface area contributed by atoms with E-state index in [0.29, 0.717) is 0 Å². The van der Waals surface area contributed by atoms with Crippen LogP contribution in [0.3, 0.4) is 0 Å². The molecule has 2 aliphatic rings. The Bertz CT molecular complexity index is 271. The number of piperazine rings is 1. The first kappa shape index (κ1) is 11.4. The summed E-state index contributed by atoms with van der Waals surface area (Å²) >= 11 is 0. The fraction of sp³-hybridized carbons (Fsp3) is 0.538. The second kappa shape index (κ2) is 6.51. The lowest BCUT2D eigenvalue weighted by Gasteiger charge is -2.16. The van der Waals surface area contributed by atoms with Crippen LogP contribution in [0.5, 0.6) is 0 Å². The number of hydrogen-bond acceptors (Lipinski definition) is 3. The molecule has 0 aromatic heterocycles. The molecule has 2 aliphatic heterocycles. The number of fused-ring (bicyclic) bond motifs is 1. The first-order chi connectivity index (χ1) is 7.97. The van der Waals surface area contributed by atoms with E-state index in [9.17, 15) is 0 Å². The maximum absolute atomic E-state index is 3.36. The van der Waals surface area contributed by atoms with E-state index < -0.39 is 0 Å². The van der Waals surface area contributed by atoms with Crippen LogP contribution >= 0.6 is 0 Å². The van der Waals surface area contributed by atoms with Crippen molar-refractivity contribution in [2.75, 3.05) is 38.0 Å². The maximum Gasteiger partial charge on any atom is 0.0372 e. The Morgan fingerprint density at radius 3 is 2.12 bits per heavy atom. The molecule has 0 unspecified atom stereocenters. The molecule has 0 aliphatic carbocycles. The second-order valence-corrected chi connectivity index (χ2v) is 4.19. The fourth-order valence-electron chi connectivity index (χ4n) is 2.02. The lowest BCUT2D eigenvalue weighted by Crippen LogP contribution is -2.39. The molecule has 0 amide bonds. The first-order valence-electron chi connectivity index (χ1n) is 6.20. The summed E-state index contributed by atoms with van der Waals surface area (Å²) in [6.07, 6.45) is 2.51. The van der Waals surface area contributed by atoms with E-state index in [4.69, 9.17) is 0 Å². The summed E-state index contributed by atoms with van der Waals surface area (Å²) in [5.41, 5.74) is 2.79. The Kier molecular flexibility index (Phi) is 4.65. The highest BCUT2D eigenvalue weighted by atomic mass is 15.0. The molecule has 0 bridgehead atoms. The molecular weight excluding hydrogens is 198 g/mol. The maximum atomic E-state index is 3.36. The van der Waals surface area contributed by atoms with Crippen molar-refractivity contribution in [2.24, 2.45) is 0 Å². The Labute approximate surface area is 97.6 Å². The SMILES string of the molecule is C1CNCCN1.c1ccc2c(c1)CCCN2. The highest BCUT2D eigenvalue weighted by Crippen LogP contribution is 2.19. The van der Waals surface area contributed by atoms with Crippen LogP contribution in [0.15, 0.2) is 24.3 Å². The molecule has 88 valence electrons. The van der Waals surface area contributed by atoms with Gasteiger partial charge in [0.05, 0.1) is 0 Å². The minimum absolute atomic E-state index is 1.14. The van der Waals surface area contributed by atoms with Gasteiger partial charge in [-0.2, -0.15) is 0 Å². The predicted molar refractivity (Wildman–Crippen MR) is 69.0 cm³/mol. The lowest BCUT2D eigenvalue weighted by atomic mass is 10.0. The topological polar surface area (TPSA) is 36.1 Å². The van der Waals surface area contributed by atoms with Gasteiger partial charge in [0.2, 0.25) is 0 Å². The highest BCUT2D eigenvalue weighted by Gasteiger charge is 2.04. The fourth-order valence-corrected chi connectivity index (χ4v) is 2.02. The summed E-state index contributed by atoms with van der Waals surface area (Å²) in [6.45, 7) is 5.69. The molecule has 3 N–H and O–H groups in total. The third-order valence-electron chi connectivity index (χ3n) is 2.91. The Morgan fingerprint density at radius 2 is 1.50 bits per heavy atom. The predicted octanol–water partition coefficient (Wildman–Crippen LogP) is 1.22. The minimum Gasteiger partial charge on any atom is -0.385 e. The summed E-state index contributed by atoms with van der Waals surface area (Å²) in [5.74, 6) is 0. The van der Waals surface area contributed by atoms with Crippen molar-refractivity contribution in [3.8, 4) is 0 Å². The summed E-state index contributed by atoms with van der Waals surface area (Å²) < 4.78 is 0. The average molecular weight is 219 g/mol. The molecule has 0 atom stereocenters. The van der Waals surface area contributed by atoms with E-state index in [2.05, 4.69) is 40.2 Å². The number of hydrogen-bond donors (Lipinski definition) is 3. The monoisotopic (exact) mass is 219 g/mol. The molecule has 0 spiro atoms. The molecule has 2 heterocycles. The van der Waals surface area contributed by atoms with Gasteiger partial charge in [0.15, 0.2) is 0 Å². The third-order valence-corrected chi connectivity index (χ3v) is 2.91. The summed E-state index contributed by atoms with van der Waals surface area (Å²) in [5, 5.41) is 9.81. The van der Waals surface area contributed by atoms with Crippen LogP contribution < -0.4 is 16.0 Å². The van der Waals surface area contributed by atoms with Crippen LogP contribution in [0.4, 0.5) is 5.69 Å². The van der Waals surface area contributed by atoms with Crippen LogP contribution in [0.2, 0.25) is 0 Å². The molecule has 1 saturated heterocycles. The molecule has 3 rings (SSSR count). The highest BCUT2D eigenvalue weighted by molar-refractivity contribution is 5.52. The lowest BCUT2D eigenvalue weighted by molar-refractivity contribution is 0.534. The van der Waals surface area contributed by atoms with E-state index in [1.807, 2.05) is 0 Å². The van der Waals surface area contributed by atoms with Gasteiger partial charge in [-0.05, 0) is 24.5 Å². The molecule has 3 nitrogen and oxygen atoms in total. The number of nitrogens with one attached hydrogen (secondary N) is 3. The van der Waals surface area contributed by atoms with E-state index in [0.717, 1.165) is 32.7 Å². The zero-order valence-electron chi connectivity index (χ0n) is 9.76. The Morgan fingerprint density at radius 1 is 0.812 bits per heavy atom.